The van der Waals surface area contributed by atoms with Gasteiger partial charge in [0.05, 0.1) is 5.75 Å². The second-order valence-electron chi connectivity index (χ2n) is 3.75. The molecule has 0 heterocycles. The number of hydrogen-bond donors (Lipinski definition) is 1. The van der Waals surface area contributed by atoms with Gasteiger partial charge in [-0.15, -0.1) is 0 Å². The first kappa shape index (κ1) is 14.1. The van der Waals surface area contributed by atoms with Crippen LogP contribution in [-0.2, 0) is 9.84 Å². The summed E-state index contributed by atoms with van der Waals surface area (Å²) in [6.45, 7) is 1.83. The molecule has 96 valence electrons. The Kier molecular flexibility index (Phi) is 4.59. The van der Waals surface area contributed by atoms with Gasteiger partial charge in [0.2, 0.25) is 0 Å². The van der Waals surface area contributed by atoms with Crippen LogP contribution in [0.2, 0.25) is 0 Å². The molecule has 1 N–H and O–H groups in total. The summed E-state index contributed by atoms with van der Waals surface area (Å²) in [5.74, 6) is -2.04. The van der Waals surface area contributed by atoms with Crippen LogP contribution in [0, 0.1) is 11.6 Å². The Hall–Kier alpha value is -1.01. The van der Waals surface area contributed by atoms with Crippen molar-refractivity contribution in [1.82, 2.24) is 5.32 Å². The van der Waals surface area contributed by atoms with E-state index in [1.165, 1.54) is 0 Å². The lowest BCUT2D eigenvalue weighted by molar-refractivity contribution is 0.535. The zero-order chi connectivity index (χ0) is 13.1. The van der Waals surface area contributed by atoms with Crippen molar-refractivity contribution in [1.29, 1.82) is 0 Å². The minimum absolute atomic E-state index is 0.206. The molecule has 1 aromatic carbocycles. The molecule has 3 nitrogen and oxygen atoms in total. The summed E-state index contributed by atoms with van der Waals surface area (Å²) in [7, 11) is -2.09. The monoisotopic (exact) mass is 263 g/mol. The SMILES string of the molecule is CCC(CS(=O)(=O)c1ccc(F)cc1F)NC. The highest BCUT2D eigenvalue weighted by Crippen LogP contribution is 2.18. The summed E-state index contributed by atoms with van der Waals surface area (Å²) < 4.78 is 49.8. The van der Waals surface area contributed by atoms with Crippen molar-refractivity contribution in [3.63, 3.8) is 0 Å². The van der Waals surface area contributed by atoms with Gasteiger partial charge in [-0.1, -0.05) is 6.92 Å². The first-order valence-corrected chi connectivity index (χ1v) is 6.91. The fourth-order valence-corrected chi connectivity index (χ4v) is 3.23. The van der Waals surface area contributed by atoms with E-state index in [4.69, 9.17) is 0 Å². The minimum Gasteiger partial charge on any atom is -0.316 e. The largest absolute Gasteiger partial charge is 0.316 e. The van der Waals surface area contributed by atoms with E-state index in [0.717, 1.165) is 12.1 Å². The Morgan fingerprint density at radius 1 is 1.35 bits per heavy atom. The Morgan fingerprint density at radius 3 is 2.47 bits per heavy atom. The van der Waals surface area contributed by atoms with Gasteiger partial charge in [0.15, 0.2) is 9.84 Å². The number of nitrogens with one attached hydrogen (secondary N) is 1. The third kappa shape index (κ3) is 3.47. The van der Waals surface area contributed by atoms with Crippen molar-refractivity contribution in [2.24, 2.45) is 0 Å². The number of rotatable bonds is 5. The zero-order valence-electron chi connectivity index (χ0n) is 9.70. The van der Waals surface area contributed by atoms with Gasteiger partial charge in [0.1, 0.15) is 16.5 Å². The van der Waals surface area contributed by atoms with Crippen LogP contribution in [0.15, 0.2) is 23.1 Å². The van der Waals surface area contributed by atoms with Crippen molar-refractivity contribution >= 4 is 9.84 Å². The fraction of sp³-hybridized carbons (Fsp3) is 0.455. The van der Waals surface area contributed by atoms with E-state index in [9.17, 15) is 17.2 Å². The van der Waals surface area contributed by atoms with Crippen LogP contribution in [0.25, 0.3) is 0 Å². The summed E-state index contributed by atoms with van der Waals surface area (Å²) in [5.41, 5.74) is 0. The molecule has 0 bridgehead atoms. The third-order valence-corrected chi connectivity index (χ3v) is 4.39. The maximum Gasteiger partial charge on any atom is 0.182 e. The quantitative estimate of drug-likeness (QED) is 0.823. The van der Waals surface area contributed by atoms with Crippen LogP contribution in [0.4, 0.5) is 8.78 Å². The van der Waals surface area contributed by atoms with Crippen molar-refractivity contribution in [2.45, 2.75) is 24.3 Å². The highest BCUT2D eigenvalue weighted by Gasteiger charge is 2.22. The van der Waals surface area contributed by atoms with Crippen molar-refractivity contribution in [2.75, 3.05) is 12.8 Å². The summed E-state index contributed by atoms with van der Waals surface area (Å²) in [5, 5.41) is 2.83. The van der Waals surface area contributed by atoms with E-state index in [-0.39, 0.29) is 11.8 Å². The highest BCUT2D eigenvalue weighted by atomic mass is 32.2. The number of hydrogen-bond acceptors (Lipinski definition) is 3. The summed E-state index contributed by atoms with van der Waals surface area (Å²) in [4.78, 5) is -0.451. The van der Waals surface area contributed by atoms with E-state index in [1.807, 2.05) is 6.92 Å². The van der Waals surface area contributed by atoms with Gasteiger partial charge in [0, 0.05) is 12.1 Å². The lowest BCUT2D eigenvalue weighted by Crippen LogP contribution is -2.32. The number of benzene rings is 1. The average molecular weight is 263 g/mol. The van der Waals surface area contributed by atoms with Crippen LogP contribution in [0.5, 0.6) is 0 Å². The molecule has 6 heteroatoms. The molecule has 0 radical (unpaired) electrons. The molecule has 0 aromatic heterocycles. The van der Waals surface area contributed by atoms with E-state index in [1.54, 1.807) is 7.05 Å². The predicted octanol–water partition coefficient (Wildman–Crippen LogP) is 1.74. The fourth-order valence-electron chi connectivity index (χ4n) is 1.49. The smallest absolute Gasteiger partial charge is 0.182 e. The van der Waals surface area contributed by atoms with Crippen LogP contribution >= 0.6 is 0 Å². The van der Waals surface area contributed by atoms with Gasteiger partial charge in [-0.3, -0.25) is 0 Å². The van der Waals surface area contributed by atoms with Crippen molar-refractivity contribution in [3.05, 3.63) is 29.8 Å². The molecule has 0 saturated carbocycles. The van der Waals surface area contributed by atoms with Crippen LogP contribution < -0.4 is 5.32 Å². The molecule has 0 aliphatic heterocycles. The van der Waals surface area contributed by atoms with E-state index < -0.39 is 26.4 Å². The Morgan fingerprint density at radius 2 is 2.00 bits per heavy atom. The Bertz CT molecular complexity index is 484. The standard InChI is InChI=1S/C11H15F2NO2S/c1-3-9(14-2)7-17(15,16)11-5-4-8(12)6-10(11)13/h4-6,9,14H,3,7H2,1-2H3. The normalized spacial score (nSPS) is 13.6. The molecule has 0 aliphatic rings. The van der Waals surface area contributed by atoms with Crippen LogP contribution in [-0.4, -0.2) is 27.3 Å². The van der Waals surface area contributed by atoms with Crippen LogP contribution in [0.1, 0.15) is 13.3 Å². The predicted molar refractivity (Wildman–Crippen MR) is 61.5 cm³/mol. The highest BCUT2D eigenvalue weighted by molar-refractivity contribution is 7.91. The first-order valence-electron chi connectivity index (χ1n) is 5.25. The van der Waals surface area contributed by atoms with Gasteiger partial charge < -0.3 is 5.32 Å². The maximum atomic E-state index is 13.4. The van der Waals surface area contributed by atoms with Gasteiger partial charge in [-0.2, -0.15) is 0 Å². The molecule has 1 aromatic rings. The molecule has 1 unspecified atom stereocenters. The molecule has 1 rings (SSSR count). The first-order chi connectivity index (χ1) is 7.90. The molecule has 17 heavy (non-hydrogen) atoms. The van der Waals surface area contributed by atoms with Crippen molar-refractivity contribution in [3.8, 4) is 0 Å². The van der Waals surface area contributed by atoms with Crippen LogP contribution in [0.3, 0.4) is 0 Å². The number of sulfone groups is 1. The number of halogens is 2. The molecule has 0 fully saturated rings. The third-order valence-electron chi connectivity index (χ3n) is 2.55. The average Bonchev–Trinajstić information content (AvgIpc) is 2.25. The maximum absolute atomic E-state index is 13.4. The van der Waals surface area contributed by atoms with Crippen molar-refractivity contribution < 1.29 is 17.2 Å². The lowest BCUT2D eigenvalue weighted by atomic mass is 10.3. The Balaban J connectivity index is 3.05. The van der Waals surface area contributed by atoms with Gasteiger partial charge in [0.25, 0.3) is 0 Å². The topological polar surface area (TPSA) is 46.2 Å². The lowest BCUT2D eigenvalue weighted by Gasteiger charge is -2.14. The van der Waals surface area contributed by atoms with E-state index in [0.29, 0.717) is 12.5 Å². The molecule has 0 aliphatic carbocycles. The molecule has 1 atom stereocenters. The minimum atomic E-state index is -3.74. The van der Waals surface area contributed by atoms with Gasteiger partial charge in [-0.25, -0.2) is 17.2 Å². The molecule has 0 amide bonds. The van der Waals surface area contributed by atoms with E-state index >= 15 is 0 Å². The second-order valence-corrected chi connectivity index (χ2v) is 5.75. The second kappa shape index (κ2) is 5.55. The molecule has 0 spiro atoms. The molecule has 0 saturated heterocycles. The van der Waals surface area contributed by atoms with E-state index in [2.05, 4.69) is 5.32 Å². The Labute approximate surface area is 99.8 Å². The summed E-state index contributed by atoms with van der Waals surface area (Å²) >= 11 is 0. The van der Waals surface area contributed by atoms with Gasteiger partial charge >= 0.3 is 0 Å². The zero-order valence-corrected chi connectivity index (χ0v) is 10.5. The summed E-state index contributed by atoms with van der Waals surface area (Å²) in [6, 6.07) is 2.23. The molecular formula is C11H15F2NO2S. The van der Waals surface area contributed by atoms with Gasteiger partial charge in [-0.05, 0) is 25.6 Å². The summed E-state index contributed by atoms with van der Waals surface area (Å²) in [6.07, 6.45) is 0.610. The molecular weight excluding hydrogens is 248 g/mol.